The van der Waals surface area contributed by atoms with Gasteiger partial charge in [0.2, 0.25) is 5.82 Å². The number of halogens is 1. The van der Waals surface area contributed by atoms with Crippen molar-refractivity contribution in [3.8, 4) is 5.75 Å². The van der Waals surface area contributed by atoms with Gasteiger partial charge in [0.25, 0.3) is 11.8 Å². The summed E-state index contributed by atoms with van der Waals surface area (Å²) in [7, 11) is 1.65. The van der Waals surface area contributed by atoms with Crippen molar-refractivity contribution >= 4 is 33.4 Å². The molecule has 0 bridgehead atoms. The lowest BCUT2D eigenvalue weighted by atomic mass is 10.1. The van der Waals surface area contributed by atoms with Gasteiger partial charge in [-0.25, -0.2) is 4.98 Å². The molecule has 0 saturated heterocycles. The number of nitrogens with one attached hydrogen (secondary N) is 2. The third kappa shape index (κ3) is 4.14. The highest BCUT2D eigenvalue weighted by Crippen LogP contribution is 2.29. The van der Waals surface area contributed by atoms with E-state index in [-0.39, 0.29) is 18.3 Å². The Morgan fingerprint density at radius 1 is 1.28 bits per heavy atom. The van der Waals surface area contributed by atoms with E-state index < -0.39 is 11.9 Å². The molecule has 1 aliphatic rings. The molecule has 0 saturated carbocycles. The Bertz CT molecular complexity index is 1050. The fourth-order valence-corrected chi connectivity index (χ4v) is 3.32. The summed E-state index contributed by atoms with van der Waals surface area (Å²) in [5.74, 6) is 0.327. The zero-order chi connectivity index (χ0) is 20.4. The second kappa shape index (κ2) is 8.04. The summed E-state index contributed by atoms with van der Waals surface area (Å²) in [5.41, 5.74) is 1.69. The maximum atomic E-state index is 12.7. The van der Waals surface area contributed by atoms with Crippen molar-refractivity contribution in [2.75, 3.05) is 18.6 Å². The highest BCUT2D eigenvalue weighted by atomic mass is 79.9. The minimum atomic E-state index is -0.840. The maximum absolute atomic E-state index is 12.7. The molecule has 3 aromatic rings. The predicted molar refractivity (Wildman–Crippen MR) is 110 cm³/mol. The van der Waals surface area contributed by atoms with E-state index in [0.717, 1.165) is 10.0 Å². The van der Waals surface area contributed by atoms with Crippen LogP contribution in [-0.2, 0) is 11.2 Å². The number of amides is 2. The number of carbonyl (C=O) groups is 2. The largest absolute Gasteiger partial charge is 0.489 e. The number of benzene rings is 2. The average Bonchev–Trinajstić information content (AvgIpc) is 3.16. The van der Waals surface area contributed by atoms with Crippen LogP contribution in [0, 0.1) is 0 Å². The van der Waals surface area contributed by atoms with Gasteiger partial charge in [-0.05, 0) is 29.8 Å². The number of nitrogens with zero attached hydrogens (tertiary/aromatic N) is 3. The average molecular weight is 456 g/mol. The summed E-state index contributed by atoms with van der Waals surface area (Å²) in [6, 6.07) is 14.2. The summed E-state index contributed by atoms with van der Waals surface area (Å²) in [6.45, 7) is 0.0299. The van der Waals surface area contributed by atoms with Gasteiger partial charge >= 0.3 is 0 Å². The molecule has 8 nitrogen and oxygen atoms in total. The molecule has 2 heterocycles. The van der Waals surface area contributed by atoms with Crippen molar-refractivity contribution in [1.82, 2.24) is 20.5 Å². The number of likely N-dealkylation sites (N-methyl/N-ethyl adjacent to an activating group) is 1. The van der Waals surface area contributed by atoms with Crippen LogP contribution in [0.25, 0.3) is 0 Å². The fourth-order valence-electron chi connectivity index (χ4n) is 3.05. The third-order valence-corrected chi connectivity index (χ3v) is 5.11. The van der Waals surface area contributed by atoms with Crippen molar-refractivity contribution < 1.29 is 14.3 Å². The first-order valence-corrected chi connectivity index (χ1v) is 9.76. The molecule has 4 rings (SSSR count). The van der Waals surface area contributed by atoms with Crippen LogP contribution >= 0.6 is 15.9 Å². The van der Waals surface area contributed by atoms with Crippen LogP contribution in [0.1, 0.15) is 22.0 Å². The minimum absolute atomic E-state index is 0.0191. The van der Waals surface area contributed by atoms with E-state index >= 15 is 0 Å². The number of H-pyrrole nitrogens is 1. The van der Waals surface area contributed by atoms with E-state index in [1.54, 1.807) is 19.2 Å². The first-order chi connectivity index (χ1) is 14.0. The van der Waals surface area contributed by atoms with Crippen LogP contribution in [0.2, 0.25) is 0 Å². The first kappa shape index (κ1) is 19.1. The van der Waals surface area contributed by atoms with Gasteiger partial charge in [0.05, 0.1) is 5.69 Å². The first-order valence-electron chi connectivity index (χ1n) is 8.97. The molecule has 2 aromatic carbocycles. The van der Waals surface area contributed by atoms with Gasteiger partial charge in [-0.1, -0.05) is 40.2 Å². The summed E-state index contributed by atoms with van der Waals surface area (Å²) < 4.78 is 6.69. The Morgan fingerprint density at radius 3 is 2.83 bits per heavy atom. The van der Waals surface area contributed by atoms with Crippen LogP contribution < -0.4 is 15.0 Å². The molecule has 1 atom stereocenters. The Hall–Kier alpha value is -3.20. The summed E-state index contributed by atoms with van der Waals surface area (Å²) in [5, 5.41) is 9.42. The van der Waals surface area contributed by atoms with E-state index in [4.69, 9.17) is 4.74 Å². The van der Waals surface area contributed by atoms with E-state index in [1.807, 2.05) is 36.4 Å². The van der Waals surface area contributed by atoms with Crippen molar-refractivity contribution in [3.63, 3.8) is 0 Å². The molecule has 9 heteroatoms. The zero-order valence-corrected chi connectivity index (χ0v) is 17.1. The summed E-state index contributed by atoms with van der Waals surface area (Å²) in [6.07, 6.45) is 0.511. The maximum Gasteiger partial charge on any atom is 0.291 e. The third-order valence-electron chi connectivity index (χ3n) is 4.59. The number of hydrogen-bond acceptors (Lipinski definition) is 5. The highest BCUT2D eigenvalue weighted by Gasteiger charge is 2.31. The number of aromatic nitrogens is 3. The number of carbonyl (C=O) groups excluding carboxylic acids is 2. The predicted octanol–water partition coefficient (Wildman–Crippen LogP) is 2.31. The van der Waals surface area contributed by atoms with Crippen LogP contribution in [0.4, 0.5) is 5.69 Å². The number of hydrogen-bond donors (Lipinski definition) is 2. The molecule has 0 radical (unpaired) electrons. The SMILES string of the molecule is CN1C(=O)[C@@H](NC(=O)c2n[nH]c(Cc3ccc(Br)cc3)n2)COc2ccccc21. The lowest BCUT2D eigenvalue weighted by Gasteiger charge is -2.19. The number of anilines is 1. The van der Waals surface area contributed by atoms with Crippen molar-refractivity contribution in [3.05, 3.63) is 70.2 Å². The highest BCUT2D eigenvalue weighted by molar-refractivity contribution is 9.10. The molecule has 0 spiro atoms. The molecule has 1 aliphatic heterocycles. The van der Waals surface area contributed by atoms with E-state index in [1.165, 1.54) is 4.90 Å². The van der Waals surface area contributed by atoms with Crippen LogP contribution in [0.3, 0.4) is 0 Å². The lowest BCUT2D eigenvalue weighted by Crippen LogP contribution is -2.49. The fraction of sp³-hybridized carbons (Fsp3) is 0.200. The van der Waals surface area contributed by atoms with Gasteiger partial charge in [-0.2, -0.15) is 0 Å². The molecule has 29 heavy (non-hydrogen) atoms. The molecule has 148 valence electrons. The van der Waals surface area contributed by atoms with Crippen molar-refractivity contribution in [2.45, 2.75) is 12.5 Å². The van der Waals surface area contributed by atoms with Crippen molar-refractivity contribution in [2.24, 2.45) is 0 Å². The molecule has 2 amide bonds. The molecule has 2 N–H and O–H groups in total. The number of fused-ring (bicyclic) bond motifs is 1. The summed E-state index contributed by atoms with van der Waals surface area (Å²) in [4.78, 5) is 31.0. The standard InChI is InChI=1S/C20H18BrN5O3/c1-26-15-4-2-3-5-16(15)29-11-14(20(26)28)22-19(27)18-23-17(24-25-18)10-12-6-8-13(21)9-7-12/h2-9,14H,10-11H2,1H3,(H,22,27)(H,23,24,25)/t14-/m0/s1. The topological polar surface area (TPSA) is 100 Å². The Labute approximate surface area is 175 Å². The normalized spacial score (nSPS) is 16.0. The van der Waals surface area contributed by atoms with Crippen molar-refractivity contribution in [1.29, 1.82) is 0 Å². The van der Waals surface area contributed by atoms with Gasteiger partial charge in [0.1, 0.15) is 24.2 Å². The lowest BCUT2D eigenvalue weighted by molar-refractivity contribution is -0.120. The van der Waals surface area contributed by atoms with Gasteiger partial charge < -0.3 is 15.0 Å². The van der Waals surface area contributed by atoms with Crippen LogP contribution in [0.5, 0.6) is 5.75 Å². The van der Waals surface area contributed by atoms with E-state index in [9.17, 15) is 9.59 Å². The molecule has 0 fully saturated rings. The minimum Gasteiger partial charge on any atom is -0.489 e. The molecule has 0 unspecified atom stereocenters. The smallest absolute Gasteiger partial charge is 0.291 e. The van der Waals surface area contributed by atoms with Gasteiger partial charge in [0.15, 0.2) is 0 Å². The molecule has 0 aliphatic carbocycles. The Balaban J connectivity index is 1.44. The van der Waals surface area contributed by atoms with Gasteiger partial charge in [0, 0.05) is 17.9 Å². The second-order valence-corrected chi connectivity index (χ2v) is 7.53. The van der Waals surface area contributed by atoms with Crippen LogP contribution in [-0.4, -0.2) is 46.7 Å². The quantitative estimate of drug-likeness (QED) is 0.628. The van der Waals surface area contributed by atoms with Gasteiger partial charge in [-0.3, -0.25) is 14.7 Å². The molecular weight excluding hydrogens is 438 g/mol. The molecular formula is C20H18BrN5O3. The zero-order valence-electron chi connectivity index (χ0n) is 15.6. The van der Waals surface area contributed by atoms with Gasteiger partial charge in [-0.15, -0.1) is 5.10 Å². The monoisotopic (exact) mass is 455 g/mol. The van der Waals surface area contributed by atoms with E-state index in [2.05, 4.69) is 36.4 Å². The Kier molecular flexibility index (Phi) is 5.30. The number of ether oxygens (including phenoxy) is 1. The number of rotatable bonds is 4. The second-order valence-electron chi connectivity index (χ2n) is 6.61. The number of aromatic amines is 1. The van der Waals surface area contributed by atoms with Crippen LogP contribution in [0.15, 0.2) is 53.0 Å². The summed E-state index contributed by atoms with van der Waals surface area (Å²) >= 11 is 3.40. The Morgan fingerprint density at radius 2 is 2.03 bits per heavy atom. The number of para-hydroxylation sites is 2. The van der Waals surface area contributed by atoms with E-state index in [0.29, 0.717) is 23.7 Å². The molecule has 1 aromatic heterocycles.